The number of halogens is 1. The quantitative estimate of drug-likeness (QED) is 0.404. The number of fused-ring (bicyclic) bond motifs is 1. The highest BCUT2D eigenvalue weighted by Gasteiger charge is 2.59. The maximum Gasteiger partial charge on any atom is 0.191 e. The molecule has 1 aromatic rings. The molecule has 3 atom stereocenters. The van der Waals surface area contributed by atoms with E-state index in [2.05, 4.69) is 35.5 Å². The topological polar surface area (TPSA) is 54.9 Å². The summed E-state index contributed by atoms with van der Waals surface area (Å²) in [7, 11) is 1.82. The van der Waals surface area contributed by atoms with Crippen molar-refractivity contribution in [3.8, 4) is 5.75 Å². The van der Waals surface area contributed by atoms with E-state index in [-0.39, 0.29) is 29.4 Å². The summed E-state index contributed by atoms with van der Waals surface area (Å²) in [6.45, 7) is 8.79. The zero-order valence-electron chi connectivity index (χ0n) is 15.5. The van der Waals surface area contributed by atoms with Gasteiger partial charge in [-0.05, 0) is 19.4 Å². The van der Waals surface area contributed by atoms with Gasteiger partial charge in [-0.15, -0.1) is 24.0 Å². The van der Waals surface area contributed by atoms with Crippen LogP contribution in [0.2, 0.25) is 0 Å². The summed E-state index contributed by atoms with van der Waals surface area (Å²) in [6.07, 6.45) is 1.52. The Hall–Kier alpha value is -1.02. The van der Waals surface area contributed by atoms with Crippen LogP contribution >= 0.6 is 24.0 Å². The molecule has 6 heteroatoms. The molecule has 0 amide bonds. The standard InChI is InChI=1S/C19H29N3O2.HI/c1-5-23-15-9-7-6-8-13(15)12-21-18(20-4)22-16-14-10-11-24-17(14)19(16,2)3;/h6-9,14,16-17H,5,10-12H2,1-4H3,(H2,20,21,22);1H. The lowest BCUT2D eigenvalue weighted by Crippen LogP contribution is -2.67. The Balaban J connectivity index is 0.00000225. The number of benzene rings is 1. The zero-order chi connectivity index (χ0) is 17.2. The van der Waals surface area contributed by atoms with Crippen molar-refractivity contribution in [1.82, 2.24) is 10.6 Å². The Morgan fingerprint density at radius 2 is 2.12 bits per heavy atom. The highest BCUT2D eigenvalue weighted by molar-refractivity contribution is 14.0. The third kappa shape index (κ3) is 4.05. The lowest BCUT2D eigenvalue weighted by molar-refractivity contribution is -0.106. The van der Waals surface area contributed by atoms with E-state index in [1.807, 2.05) is 32.2 Å². The van der Waals surface area contributed by atoms with Crippen LogP contribution in [0.15, 0.2) is 29.3 Å². The molecule has 2 N–H and O–H groups in total. The van der Waals surface area contributed by atoms with Gasteiger partial charge in [0.2, 0.25) is 0 Å². The van der Waals surface area contributed by atoms with Crippen molar-refractivity contribution in [2.24, 2.45) is 16.3 Å². The molecule has 1 saturated heterocycles. The average molecular weight is 459 g/mol. The fourth-order valence-electron chi connectivity index (χ4n) is 4.08. The van der Waals surface area contributed by atoms with E-state index in [1.54, 1.807) is 0 Å². The second-order valence-corrected chi connectivity index (χ2v) is 7.15. The van der Waals surface area contributed by atoms with Crippen LogP contribution in [-0.4, -0.2) is 38.4 Å². The van der Waals surface area contributed by atoms with Crippen molar-refractivity contribution in [3.63, 3.8) is 0 Å². The Kier molecular flexibility index (Phi) is 6.96. The number of aliphatic imine (C=N–C) groups is 1. The van der Waals surface area contributed by atoms with Gasteiger partial charge in [0.05, 0.1) is 12.7 Å². The number of guanidine groups is 1. The van der Waals surface area contributed by atoms with Crippen molar-refractivity contribution < 1.29 is 9.47 Å². The van der Waals surface area contributed by atoms with Gasteiger partial charge in [-0.2, -0.15) is 0 Å². The van der Waals surface area contributed by atoms with Gasteiger partial charge in [0, 0.05) is 43.1 Å². The molecule has 3 unspecified atom stereocenters. The molecule has 25 heavy (non-hydrogen) atoms. The number of hydrogen-bond donors (Lipinski definition) is 2. The molecule has 1 saturated carbocycles. The minimum Gasteiger partial charge on any atom is -0.494 e. The Labute approximate surface area is 168 Å². The van der Waals surface area contributed by atoms with Crippen molar-refractivity contribution in [1.29, 1.82) is 0 Å². The van der Waals surface area contributed by atoms with E-state index >= 15 is 0 Å². The van der Waals surface area contributed by atoms with Gasteiger partial charge in [0.15, 0.2) is 5.96 Å². The molecule has 140 valence electrons. The normalized spacial score (nSPS) is 26.9. The second kappa shape index (κ2) is 8.58. The Morgan fingerprint density at radius 1 is 1.36 bits per heavy atom. The molecule has 1 heterocycles. The number of ether oxygens (including phenoxy) is 2. The highest BCUT2D eigenvalue weighted by Crippen LogP contribution is 2.52. The van der Waals surface area contributed by atoms with Crippen LogP contribution in [0.25, 0.3) is 0 Å². The van der Waals surface area contributed by atoms with Gasteiger partial charge in [0.1, 0.15) is 5.75 Å². The maximum atomic E-state index is 5.87. The van der Waals surface area contributed by atoms with E-state index in [4.69, 9.17) is 9.47 Å². The summed E-state index contributed by atoms with van der Waals surface area (Å²) in [6, 6.07) is 8.52. The molecule has 0 spiro atoms. The predicted octanol–water partition coefficient (Wildman–Crippen LogP) is 3.18. The van der Waals surface area contributed by atoms with Crippen molar-refractivity contribution in [2.45, 2.75) is 45.9 Å². The summed E-state index contributed by atoms with van der Waals surface area (Å²) >= 11 is 0. The number of hydrogen-bond acceptors (Lipinski definition) is 3. The fraction of sp³-hybridized carbons (Fsp3) is 0.632. The van der Waals surface area contributed by atoms with Crippen LogP contribution < -0.4 is 15.4 Å². The number of rotatable bonds is 5. The largest absolute Gasteiger partial charge is 0.494 e. The maximum absolute atomic E-state index is 5.87. The number of nitrogens with one attached hydrogen (secondary N) is 2. The second-order valence-electron chi connectivity index (χ2n) is 7.15. The van der Waals surface area contributed by atoms with Crippen LogP contribution in [0.3, 0.4) is 0 Å². The molecule has 0 bridgehead atoms. The van der Waals surface area contributed by atoms with E-state index in [0.29, 0.717) is 31.2 Å². The summed E-state index contributed by atoms with van der Waals surface area (Å²) < 4.78 is 11.6. The van der Waals surface area contributed by atoms with Gasteiger partial charge in [-0.3, -0.25) is 4.99 Å². The van der Waals surface area contributed by atoms with E-state index in [1.165, 1.54) is 0 Å². The third-order valence-electron chi connectivity index (χ3n) is 5.34. The van der Waals surface area contributed by atoms with Crippen molar-refractivity contribution in [2.75, 3.05) is 20.3 Å². The molecule has 1 aromatic carbocycles. The van der Waals surface area contributed by atoms with Gasteiger partial charge < -0.3 is 20.1 Å². The Bertz CT molecular complexity index is 606. The molecule has 0 aromatic heterocycles. The summed E-state index contributed by atoms with van der Waals surface area (Å²) in [4.78, 5) is 4.39. The molecule has 2 aliphatic rings. The minimum absolute atomic E-state index is 0. The first-order valence-electron chi connectivity index (χ1n) is 8.87. The zero-order valence-corrected chi connectivity index (χ0v) is 17.9. The Morgan fingerprint density at radius 3 is 2.84 bits per heavy atom. The number of nitrogens with zero attached hydrogens (tertiary/aromatic N) is 1. The first-order valence-corrected chi connectivity index (χ1v) is 8.87. The fourth-order valence-corrected chi connectivity index (χ4v) is 4.08. The van der Waals surface area contributed by atoms with Gasteiger partial charge in [0.25, 0.3) is 0 Å². The number of para-hydroxylation sites is 1. The van der Waals surface area contributed by atoms with Gasteiger partial charge in [-0.1, -0.05) is 32.0 Å². The molecule has 3 rings (SSSR count). The van der Waals surface area contributed by atoms with Crippen molar-refractivity contribution in [3.05, 3.63) is 29.8 Å². The first-order chi connectivity index (χ1) is 11.6. The van der Waals surface area contributed by atoms with Crippen LogP contribution in [0, 0.1) is 11.3 Å². The monoisotopic (exact) mass is 459 g/mol. The molecule has 2 fully saturated rings. The van der Waals surface area contributed by atoms with Crippen LogP contribution in [0.4, 0.5) is 0 Å². The van der Waals surface area contributed by atoms with Crippen molar-refractivity contribution >= 4 is 29.9 Å². The lowest BCUT2D eigenvalue weighted by atomic mass is 9.57. The van der Waals surface area contributed by atoms with Gasteiger partial charge in [-0.25, -0.2) is 0 Å². The predicted molar refractivity (Wildman–Crippen MR) is 112 cm³/mol. The van der Waals surface area contributed by atoms with Crippen LogP contribution in [0.1, 0.15) is 32.8 Å². The minimum atomic E-state index is 0. The SMILES string of the molecule is CCOc1ccccc1CNC(=NC)NC1C2CCOC2C1(C)C.I. The lowest BCUT2D eigenvalue weighted by Gasteiger charge is -2.54. The van der Waals surface area contributed by atoms with E-state index < -0.39 is 0 Å². The molecular weight excluding hydrogens is 429 g/mol. The average Bonchev–Trinajstić information content (AvgIpc) is 3.03. The van der Waals surface area contributed by atoms with E-state index in [0.717, 1.165) is 30.3 Å². The van der Waals surface area contributed by atoms with Crippen LogP contribution in [-0.2, 0) is 11.3 Å². The molecule has 0 radical (unpaired) electrons. The smallest absolute Gasteiger partial charge is 0.191 e. The molecular formula is C19H30IN3O2. The highest BCUT2D eigenvalue weighted by atomic mass is 127. The summed E-state index contributed by atoms with van der Waals surface area (Å²) in [5.74, 6) is 2.36. The summed E-state index contributed by atoms with van der Waals surface area (Å²) in [5.41, 5.74) is 1.28. The third-order valence-corrected chi connectivity index (χ3v) is 5.34. The molecule has 1 aliphatic carbocycles. The van der Waals surface area contributed by atoms with Crippen LogP contribution in [0.5, 0.6) is 5.75 Å². The van der Waals surface area contributed by atoms with E-state index in [9.17, 15) is 0 Å². The summed E-state index contributed by atoms with van der Waals surface area (Å²) in [5, 5.41) is 7.02. The molecule has 5 nitrogen and oxygen atoms in total. The van der Waals surface area contributed by atoms with Gasteiger partial charge >= 0.3 is 0 Å². The first kappa shape index (κ1) is 20.3. The molecule has 1 aliphatic heterocycles.